The minimum absolute atomic E-state index is 0.0683. The number of halogens is 5. The zero-order valence-electron chi connectivity index (χ0n) is 38.2. The van der Waals surface area contributed by atoms with Crippen molar-refractivity contribution >= 4 is 28.6 Å². The first-order valence-electron chi connectivity index (χ1n) is 21.4. The van der Waals surface area contributed by atoms with Gasteiger partial charge in [0.1, 0.15) is 6.50 Å². The van der Waals surface area contributed by atoms with E-state index in [0.717, 1.165) is 45.9 Å². The van der Waals surface area contributed by atoms with Crippen LogP contribution in [0.5, 0.6) is 0 Å². The molecule has 5 aromatic rings. The Hall–Kier alpha value is -4.52. The molecule has 53 heavy (non-hydrogen) atoms. The molecule has 1 fully saturated rings. The van der Waals surface area contributed by atoms with Crippen LogP contribution in [-0.2, 0) is 27.9 Å². The number of amides is 1. The maximum absolute atomic E-state index is 15.2. The number of ether oxygens (including phenoxy) is 1. The van der Waals surface area contributed by atoms with E-state index in [2.05, 4.69) is 0 Å². The number of benzene rings is 4. The smallest absolute Gasteiger partial charge is 0.383 e. The van der Waals surface area contributed by atoms with Crippen molar-refractivity contribution in [2.75, 3.05) is 33.2 Å². The predicted octanol–water partition coefficient (Wildman–Crippen LogP) is 8.96. The second-order valence-corrected chi connectivity index (χ2v) is 13.0. The van der Waals surface area contributed by atoms with Crippen molar-refractivity contribution in [1.29, 1.82) is 0 Å². The number of pyridine rings is 1. The fourth-order valence-electron chi connectivity index (χ4n) is 6.17. The van der Waals surface area contributed by atoms with Crippen molar-refractivity contribution in [3.63, 3.8) is 0 Å². The highest BCUT2D eigenvalue weighted by molar-refractivity contribution is 7.98. The number of hydrogen-bond donors (Lipinski definition) is 0. The van der Waals surface area contributed by atoms with E-state index in [4.69, 9.17) is 14.3 Å². The lowest BCUT2D eigenvalue weighted by Crippen LogP contribution is -2.49. The van der Waals surface area contributed by atoms with Crippen molar-refractivity contribution in [2.45, 2.75) is 55.2 Å². The van der Waals surface area contributed by atoms with Gasteiger partial charge in [-0.25, -0.2) is 8.78 Å². The summed E-state index contributed by atoms with van der Waals surface area (Å²) in [6, 6.07) is 16.5. The monoisotopic (exact) mass is 759 g/mol. The summed E-state index contributed by atoms with van der Waals surface area (Å²) in [4.78, 5) is 31.0. The van der Waals surface area contributed by atoms with Crippen LogP contribution in [0.1, 0.15) is 56.2 Å². The number of alkyl halides is 3. The van der Waals surface area contributed by atoms with Gasteiger partial charge in [-0.1, -0.05) is 60.7 Å². The van der Waals surface area contributed by atoms with E-state index in [1.165, 1.54) is 72.5 Å². The average molecular weight is 760 g/mol. The fraction of sp³-hybridized carbons (Fsp3) is 0.317. The third-order valence-electron chi connectivity index (χ3n) is 8.93. The van der Waals surface area contributed by atoms with Gasteiger partial charge in [-0.2, -0.15) is 13.2 Å². The van der Waals surface area contributed by atoms with Crippen LogP contribution in [-0.4, -0.2) is 59.5 Å². The number of methoxy groups -OCH3 is 1. The highest BCUT2D eigenvalue weighted by Crippen LogP contribution is 2.34. The molecule has 1 saturated heterocycles. The molecule has 6 nitrogen and oxygen atoms in total. The standard InChI is InChI=1S/C41H40F5N3O3S/c1-27(28-10-12-29(13-11-28)30-14-16-32(17-15-30)41(44,45)46)49(33-18-20-47(21-19-33)22-23-52-2)38(51)25-48-36-9-4-3-7-34(36)37(50)24-39(48)53-26-31-6-5-8-35(42)40(31)43/h3-17,24,27,33H,18-23,25-26H2,1-2H3/i2D3,22D2,25D2,26D2,27D. The van der Waals surface area contributed by atoms with Gasteiger partial charge in [-0.15, -0.1) is 11.8 Å². The molecule has 1 aliphatic heterocycles. The van der Waals surface area contributed by atoms with E-state index >= 15 is 9.18 Å². The quantitative estimate of drug-likeness (QED) is 0.0940. The highest BCUT2D eigenvalue weighted by atomic mass is 32.2. The Morgan fingerprint density at radius 3 is 2.36 bits per heavy atom. The van der Waals surface area contributed by atoms with Gasteiger partial charge in [0.25, 0.3) is 0 Å². The summed E-state index contributed by atoms with van der Waals surface area (Å²) in [6.45, 7) is -5.29. The Kier molecular flexibility index (Phi) is 8.52. The lowest BCUT2D eigenvalue weighted by molar-refractivity contribution is -0.138. The summed E-state index contributed by atoms with van der Waals surface area (Å²) in [5.41, 5.74) is -4.36. The third kappa shape index (κ3) is 8.83. The van der Waals surface area contributed by atoms with Crippen LogP contribution in [0.25, 0.3) is 22.0 Å². The molecular weight excluding hydrogens is 710 g/mol. The summed E-state index contributed by atoms with van der Waals surface area (Å²) in [5.74, 6) is -4.24. The van der Waals surface area contributed by atoms with Crippen LogP contribution in [0.15, 0.2) is 107 Å². The van der Waals surface area contributed by atoms with E-state index in [1.807, 2.05) is 0 Å². The number of thioether (sulfide) groups is 1. The highest BCUT2D eigenvalue weighted by Gasteiger charge is 2.33. The van der Waals surface area contributed by atoms with Gasteiger partial charge in [0, 0.05) is 60.9 Å². The number of hydrogen-bond acceptors (Lipinski definition) is 5. The van der Waals surface area contributed by atoms with Crippen molar-refractivity contribution < 1.29 is 45.2 Å². The molecule has 0 spiro atoms. The Morgan fingerprint density at radius 2 is 1.68 bits per heavy atom. The van der Waals surface area contributed by atoms with Crippen LogP contribution in [0.3, 0.4) is 0 Å². The largest absolute Gasteiger partial charge is 0.416 e. The molecular formula is C41H40F5N3O3S. The molecule has 0 saturated carbocycles. The average Bonchev–Trinajstić information content (AvgIpc) is 3.20. The van der Waals surface area contributed by atoms with Gasteiger partial charge in [0.05, 0.1) is 37.0 Å². The first-order chi connectivity index (χ1) is 29.1. The maximum Gasteiger partial charge on any atom is 0.416 e. The molecule has 0 aliphatic carbocycles. The zero-order chi connectivity index (χ0) is 46.5. The number of fused-ring (bicyclic) bond motifs is 1. The van der Waals surface area contributed by atoms with Crippen molar-refractivity contribution in [3.8, 4) is 11.1 Å². The SMILES string of the molecule is [2H]C([2H])([2H])OCC([2H])([2H])N1CCC(N(C(=O)C([2H])([2H])n2c(SC([2H])([2H])c3cccc(F)c3F)cc(=O)c3ccccc32)C([2H])(C)c2ccc(-c3ccc(C(F)(F)F)cc3)cc2)CC1. The van der Waals surface area contributed by atoms with E-state index in [1.54, 1.807) is 0 Å². The van der Waals surface area contributed by atoms with Crippen LogP contribution in [0, 0.1) is 11.6 Å². The minimum Gasteiger partial charge on any atom is -0.383 e. The molecule has 6 rings (SSSR count). The maximum atomic E-state index is 15.2. The first kappa shape index (κ1) is 27.1. The van der Waals surface area contributed by atoms with Gasteiger partial charge in [-0.3, -0.25) is 9.59 Å². The van der Waals surface area contributed by atoms with Gasteiger partial charge in [-0.05, 0) is 66.8 Å². The lowest BCUT2D eigenvalue weighted by Gasteiger charge is -2.42. The number of carbonyl (C=O) groups excluding carboxylic acids is 1. The van der Waals surface area contributed by atoms with Gasteiger partial charge in [0.15, 0.2) is 17.1 Å². The number of carbonyl (C=O) groups is 1. The summed E-state index contributed by atoms with van der Waals surface area (Å²) < 4.78 is 160. The topological polar surface area (TPSA) is 54.8 Å². The lowest BCUT2D eigenvalue weighted by atomic mass is 9.96. The summed E-state index contributed by atoms with van der Waals surface area (Å²) in [6.07, 6.45) is -4.70. The Labute approximate surface area is 323 Å². The molecule has 0 radical (unpaired) electrons. The van der Waals surface area contributed by atoms with Gasteiger partial charge >= 0.3 is 6.18 Å². The third-order valence-corrected chi connectivity index (χ3v) is 9.76. The van der Waals surface area contributed by atoms with Crippen molar-refractivity contribution in [2.24, 2.45) is 0 Å². The number of piperidine rings is 1. The molecule has 0 bridgehead atoms. The van der Waals surface area contributed by atoms with E-state index in [0.29, 0.717) is 11.1 Å². The van der Waals surface area contributed by atoms with E-state index in [-0.39, 0.29) is 54.2 Å². The molecule has 1 aromatic heterocycles. The number of nitrogens with zero attached hydrogens (tertiary/aromatic N) is 3. The van der Waals surface area contributed by atoms with Crippen molar-refractivity contribution in [3.05, 3.63) is 136 Å². The molecule has 1 aliphatic rings. The zero-order valence-corrected chi connectivity index (χ0v) is 29.0. The molecule has 0 N–H and O–H groups in total. The second kappa shape index (κ2) is 16.7. The molecule has 278 valence electrons. The van der Waals surface area contributed by atoms with Crippen LogP contribution in [0.2, 0.25) is 0 Å². The van der Waals surface area contributed by atoms with E-state index < -0.39 is 89.7 Å². The molecule has 12 heteroatoms. The molecule has 4 aromatic carbocycles. The van der Waals surface area contributed by atoms with E-state index in [9.17, 15) is 26.5 Å². The fourth-order valence-corrected chi connectivity index (χ4v) is 6.95. The Balaban J connectivity index is 1.44. The van der Waals surface area contributed by atoms with Gasteiger partial charge < -0.3 is 19.1 Å². The summed E-state index contributed by atoms with van der Waals surface area (Å²) in [7, 11) is -2.89. The Bertz CT molecular complexity index is 2530. The van der Waals surface area contributed by atoms with Crippen molar-refractivity contribution in [1.82, 2.24) is 14.4 Å². The number of para-hydroxylation sites is 1. The summed E-state index contributed by atoms with van der Waals surface area (Å²) >= 11 is 0.153. The second-order valence-electron chi connectivity index (χ2n) is 12.2. The minimum atomic E-state index is -4.56. The van der Waals surface area contributed by atoms with Crippen LogP contribution >= 0.6 is 11.8 Å². The van der Waals surface area contributed by atoms with Crippen LogP contribution in [0.4, 0.5) is 22.0 Å². The van der Waals surface area contributed by atoms with Crippen LogP contribution < -0.4 is 5.43 Å². The number of likely N-dealkylation sites (tertiary alicyclic amines) is 1. The predicted molar refractivity (Wildman–Crippen MR) is 198 cm³/mol. The molecule has 1 amide bonds. The Morgan fingerprint density at radius 1 is 1.00 bits per heavy atom. The molecule has 1 atom stereocenters. The molecule has 2 heterocycles. The summed E-state index contributed by atoms with van der Waals surface area (Å²) in [5, 5.41) is -0.569. The number of rotatable bonds is 12. The normalized spacial score (nSPS) is 19.2. The first-order valence-corrected chi connectivity index (χ1v) is 17.3. The molecule has 1 unspecified atom stereocenters. The van der Waals surface area contributed by atoms with Gasteiger partial charge in [0.2, 0.25) is 5.91 Å². The number of aromatic nitrogens is 1.